The number of halogens is 3. The number of nitrogens with two attached hydrogens (primary N) is 1. The Bertz CT molecular complexity index is 1400. The standard InChI is InChI=1S/C27H29F3N4O3/c1-13-19(9-18(31)10-22(13)27(28,29)30)14(2)32-25-21-11-20(16-5-7-17(8-6-16)26(35)36)24(37-4)12-23(21)33-15(3)34-25/h5,9-12,14,17H,6-8,31H2,1-4H3,(H,35,36)(H,32,33,34)/t14-,17?/m0/s1. The Morgan fingerprint density at radius 1 is 1.22 bits per heavy atom. The number of hydrogen-bond donors (Lipinski definition) is 3. The number of nitrogen functional groups attached to an aromatic ring is 1. The molecule has 0 amide bonds. The normalized spacial score (nSPS) is 16.8. The minimum absolute atomic E-state index is 0.0289. The topological polar surface area (TPSA) is 110 Å². The number of allylic oxidation sites excluding steroid dienone is 2. The lowest BCUT2D eigenvalue weighted by Crippen LogP contribution is -2.16. The number of carboxylic acids is 1. The van der Waals surface area contributed by atoms with Crippen LogP contribution in [-0.2, 0) is 11.0 Å². The van der Waals surface area contributed by atoms with Gasteiger partial charge < -0.3 is 20.9 Å². The number of carboxylic acid groups (broad SMARTS) is 1. The summed E-state index contributed by atoms with van der Waals surface area (Å²) in [5.41, 5.74) is 7.99. The van der Waals surface area contributed by atoms with Crippen LogP contribution >= 0.6 is 0 Å². The van der Waals surface area contributed by atoms with Crippen molar-refractivity contribution in [3.05, 3.63) is 58.4 Å². The van der Waals surface area contributed by atoms with Crippen molar-refractivity contribution in [3.8, 4) is 5.75 Å². The summed E-state index contributed by atoms with van der Waals surface area (Å²) in [6.07, 6.45) is -1.08. The summed E-state index contributed by atoms with van der Waals surface area (Å²) in [4.78, 5) is 20.4. The molecule has 1 unspecified atom stereocenters. The molecule has 0 aliphatic heterocycles. The van der Waals surface area contributed by atoms with Gasteiger partial charge in [-0.15, -0.1) is 0 Å². The molecule has 4 N–H and O–H groups in total. The Morgan fingerprint density at radius 2 is 1.95 bits per heavy atom. The highest BCUT2D eigenvalue weighted by Gasteiger charge is 2.34. The lowest BCUT2D eigenvalue weighted by molar-refractivity contribution is -0.142. The molecule has 0 spiro atoms. The number of anilines is 2. The van der Waals surface area contributed by atoms with Crippen LogP contribution < -0.4 is 15.8 Å². The van der Waals surface area contributed by atoms with Crippen LogP contribution in [0.5, 0.6) is 5.75 Å². The van der Waals surface area contributed by atoms with Crippen LogP contribution in [-0.4, -0.2) is 28.2 Å². The number of methoxy groups -OCH3 is 1. The van der Waals surface area contributed by atoms with Crippen LogP contribution in [0.4, 0.5) is 24.7 Å². The van der Waals surface area contributed by atoms with Gasteiger partial charge in [-0.05, 0) is 74.9 Å². The molecule has 10 heteroatoms. The number of aromatic nitrogens is 2. The number of benzene rings is 2. The molecule has 1 heterocycles. The number of fused-ring (bicyclic) bond motifs is 1. The van der Waals surface area contributed by atoms with Crippen molar-refractivity contribution in [3.63, 3.8) is 0 Å². The monoisotopic (exact) mass is 514 g/mol. The quantitative estimate of drug-likeness (QED) is 0.331. The highest BCUT2D eigenvalue weighted by molar-refractivity contribution is 5.94. The molecule has 4 rings (SSSR count). The number of nitrogens with one attached hydrogen (secondary N) is 1. The number of alkyl halides is 3. The first-order chi connectivity index (χ1) is 17.4. The molecule has 1 aromatic heterocycles. The van der Waals surface area contributed by atoms with E-state index in [0.29, 0.717) is 53.1 Å². The van der Waals surface area contributed by atoms with Crippen molar-refractivity contribution in [1.82, 2.24) is 9.97 Å². The fourth-order valence-electron chi connectivity index (χ4n) is 4.89. The second kappa shape index (κ2) is 9.91. The first kappa shape index (κ1) is 26.2. The van der Waals surface area contributed by atoms with Crippen molar-refractivity contribution < 1.29 is 27.8 Å². The van der Waals surface area contributed by atoms with Gasteiger partial charge in [-0.25, -0.2) is 9.97 Å². The number of aryl methyl sites for hydroxylation is 1. The average Bonchev–Trinajstić information content (AvgIpc) is 2.83. The Morgan fingerprint density at radius 3 is 2.54 bits per heavy atom. The second-order valence-corrected chi connectivity index (χ2v) is 9.37. The van der Waals surface area contributed by atoms with Gasteiger partial charge in [0.2, 0.25) is 0 Å². The lowest BCUT2D eigenvalue weighted by Gasteiger charge is -2.23. The number of nitrogens with zero attached hydrogens (tertiary/aromatic N) is 2. The molecular formula is C27H29F3N4O3. The smallest absolute Gasteiger partial charge is 0.416 e. The number of hydrogen-bond acceptors (Lipinski definition) is 6. The van der Waals surface area contributed by atoms with Crippen molar-refractivity contribution in [1.29, 1.82) is 0 Å². The predicted octanol–water partition coefficient (Wildman–Crippen LogP) is 6.30. The third-order valence-electron chi connectivity index (χ3n) is 6.83. The SMILES string of the molecule is COc1cc2nc(C)nc(N[C@@H](C)c3cc(N)cc(C(F)(F)F)c3C)c2cc1C1=CCC(C(=O)O)CC1. The zero-order chi connectivity index (χ0) is 27.1. The third-order valence-corrected chi connectivity index (χ3v) is 6.83. The summed E-state index contributed by atoms with van der Waals surface area (Å²) in [6, 6.07) is 5.63. The molecule has 0 radical (unpaired) electrons. The molecule has 1 aliphatic carbocycles. The molecule has 3 aromatic rings. The summed E-state index contributed by atoms with van der Waals surface area (Å²) in [6.45, 7) is 4.92. The minimum Gasteiger partial charge on any atom is -0.496 e. The molecule has 2 atom stereocenters. The highest BCUT2D eigenvalue weighted by atomic mass is 19.4. The van der Waals surface area contributed by atoms with Gasteiger partial charge in [0.15, 0.2) is 0 Å². The lowest BCUT2D eigenvalue weighted by atomic mass is 9.86. The molecule has 37 heavy (non-hydrogen) atoms. The highest BCUT2D eigenvalue weighted by Crippen LogP contribution is 2.40. The predicted molar refractivity (Wildman–Crippen MR) is 136 cm³/mol. The number of ether oxygens (including phenoxy) is 1. The van der Waals surface area contributed by atoms with E-state index in [9.17, 15) is 23.1 Å². The van der Waals surface area contributed by atoms with E-state index < -0.39 is 29.7 Å². The van der Waals surface area contributed by atoms with Gasteiger partial charge in [0.05, 0.1) is 30.1 Å². The molecule has 1 aliphatic rings. The zero-order valence-electron chi connectivity index (χ0n) is 21.0. The van der Waals surface area contributed by atoms with E-state index in [1.807, 2.05) is 12.1 Å². The summed E-state index contributed by atoms with van der Waals surface area (Å²) in [7, 11) is 1.56. The van der Waals surface area contributed by atoms with Gasteiger partial charge in [0, 0.05) is 22.7 Å². The van der Waals surface area contributed by atoms with E-state index in [2.05, 4.69) is 15.3 Å². The summed E-state index contributed by atoms with van der Waals surface area (Å²) in [5, 5.41) is 13.3. The van der Waals surface area contributed by atoms with Crippen molar-refractivity contribution in [2.75, 3.05) is 18.2 Å². The van der Waals surface area contributed by atoms with Crippen LogP contribution in [0.1, 0.15) is 60.3 Å². The molecule has 2 aromatic carbocycles. The Kier molecular flexibility index (Phi) is 7.03. The number of aliphatic carboxylic acids is 1. The van der Waals surface area contributed by atoms with E-state index >= 15 is 0 Å². The maximum absolute atomic E-state index is 13.6. The van der Waals surface area contributed by atoms with Gasteiger partial charge in [0.25, 0.3) is 0 Å². The molecule has 0 fully saturated rings. The number of rotatable bonds is 6. The minimum atomic E-state index is -4.52. The molecule has 0 saturated heterocycles. The van der Waals surface area contributed by atoms with Gasteiger partial charge in [0.1, 0.15) is 17.4 Å². The Hall–Kier alpha value is -3.82. The maximum atomic E-state index is 13.6. The molecule has 7 nitrogen and oxygen atoms in total. The molecule has 0 saturated carbocycles. The summed E-state index contributed by atoms with van der Waals surface area (Å²) in [5.74, 6) is 0.330. The Labute approximate surface area is 212 Å². The van der Waals surface area contributed by atoms with Gasteiger partial charge in [-0.2, -0.15) is 13.2 Å². The Balaban J connectivity index is 1.78. The van der Waals surface area contributed by atoms with E-state index in [1.54, 1.807) is 33.1 Å². The van der Waals surface area contributed by atoms with Crippen LogP contribution in [0, 0.1) is 19.8 Å². The van der Waals surface area contributed by atoms with Crippen molar-refractivity contribution >= 4 is 34.0 Å². The first-order valence-electron chi connectivity index (χ1n) is 11.9. The van der Waals surface area contributed by atoms with Crippen LogP contribution in [0.25, 0.3) is 16.5 Å². The van der Waals surface area contributed by atoms with Gasteiger partial charge >= 0.3 is 12.1 Å². The van der Waals surface area contributed by atoms with E-state index in [1.165, 1.54) is 6.92 Å². The fraction of sp³-hybridized carbons (Fsp3) is 0.370. The van der Waals surface area contributed by atoms with E-state index in [4.69, 9.17) is 10.5 Å². The molecular weight excluding hydrogens is 485 g/mol. The van der Waals surface area contributed by atoms with E-state index in [-0.39, 0.29) is 11.3 Å². The molecule has 0 bridgehead atoms. The molecule has 196 valence electrons. The van der Waals surface area contributed by atoms with Gasteiger partial charge in [-0.3, -0.25) is 4.79 Å². The van der Waals surface area contributed by atoms with E-state index in [0.717, 1.165) is 17.2 Å². The zero-order valence-corrected chi connectivity index (χ0v) is 21.0. The average molecular weight is 515 g/mol. The number of carbonyl (C=O) groups is 1. The third kappa shape index (κ3) is 5.33. The van der Waals surface area contributed by atoms with Crippen LogP contribution in [0.2, 0.25) is 0 Å². The largest absolute Gasteiger partial charge is 0.496 e. The van der Waals surface area contributed by atoms with Crippen molar-refractivity contribution in [2.24, 2.45) is 5.92 Å². The maximum Gasteiger partial charge on any atom is 0.416 e. The first-order valence-corrected chi connectivity index (χ1v) is 11.9. The second-order valence-electron chi connectivity index (χ2n) is 9.37. The summed E-state index contributed by atoms with van der Waals surface area (Å²) < 4.78 is 46.4. The summed E-state index contributed by atoms with van der Waals surface area (Å²) >= 11 is 0. The van der Waals surface area contributed by atoms with Crippen molar-refractivity contribution in [2.45, 2.75) is 52.3 Å². The van der Waals surface area contributed by atoms with Gasteiger partial charge in [-0.1, -0.05) is 6.08 Å². The van der Waals surface area contributed by atoms with Crippen LogP contribution in [0.3, 0.4) is 0 Å². The van der Waals surface area contributed by atoms with Crippen LogP contribution in [0.15, 0.2) is 30.3 Å². The fourth-order valence-corrected chi connectivity index (χ4v) is 4.89.